The molecule has 1 saturated carbocycles. The number of rotatable bonds is 8. The Labute approximate surface area is 203 Å². The Hall–Kier alpha value is -2.08. The van der Waals surface area contributed by atoms with E-state index in [4.69, 9.17) is 32.9 Å². The fraction of sp³-hybridized carbons (Fsp3) is 0.360. The Bertz CT molecular complexity index is 1110. The van der Waals surface area contributed by atoms with E-state index in [9.17, 15) is 4.79 Å². The molecule has 1 heterocycles. The number of halogens is 2. The Balaban J connectivity index is 1.67. The molecule has 0 spiro atoms. The molecule has 4 nitrogen and oxygen atoms in total. The van der Waals surface area contributed by atoms with Crippen molar-refractivity contribution in [2.45, 2.75) is 45.7 Å². The van der Waals surface area contributed by atoms with E-state index < -0.39 is 0 Å². The third-order valence-electron chi connectivity index (χ3n) is 5.93. The van der Waals surface area contributed by atoms with Gasteiger partial charge in [-0.2, -0.15) is 0 Å². The number of aromatic nitrogens is 1. The zero-order valence-corrected chi connectivity index (χ0v) is 20.7. The first-order valence-electron chi connectivity index (χ1n) is 10.8. The van der Waals surface area contributed by atoms with Crippen LogP contribution in [0.4, 0.5) is 5.13 Å². The normalized spacial score (nSPS) is 14.3. The van der Waals surface area contributed by atoms with Gasteiger partial charge < -0.3 is 9.64 Å². The van der Waals surface area contributed by atoms with Gasteiger partial charge in [0, 0.05) is 28.0 Å². The van der Waals surface area contributed by atoms with E-state index in [1.165, 1.54) is 20.0 Å². The number of thiazole rings is 1. The van der Waals surface area contributed by atoms with Crippen LogP contribution in [-0.2, 0) is 11.3 Å². The average molecular weight is 489 g/mol. The molecule has 1 aliphatic carbocycles. The molecule has 1 unspecified atom stereocenters. The summed E-state index contributed by atoms with van der Waals surface area (Å²) in [7, 11) is 1.40. The van der Waals surface area contributed by atoms with Crippen molar-refractivity contribution in [2.24, 2.45) is 5.92 Å². The van der Waals surface area contributed by atoms with Crippen LogP contribution in [0.25, 0.3) is 11.3 Å². The summed E-state index contributed by atoms with van der Waals surface area (Å²) in [6, 6.07) is 13.6. The zero-order chi connectivity index (χ0) is 22.8. The first kappa shape index (κ1) is 23.1. The first-order valence-corrected chi connectivity index (χ1v) is 12.3. The van der Waals surface area contributed by atoms with Crippen molar-refractivity contribution >= 4 is 45.6 Å². The maximum atomic E-state index is 11.8. The summed E-state index contributed by atoms with van der Waals surface area (Å²) in [4.78, 5) is 20.4. The highest BCUT2D eigenvalue weighted by molar-refractivity contribution is 7.16. The molecular formula is C25H26Cl2N2O2S. The number of aryl methyl sites for hydroxylation is 1. The number of carbonyl (C=O) groups excluding carboxylic acids is 1. The molecule has 3 aromatic rings. The lowest BCUT2D eigenvalue weighted by Gasteiger charge is -2.31. The molecule has 0 amide bonds. The number of benzene rings is 2. The SMILES string of the molecule is CCC(C1CC1)N(Cc1ccc(C(=O)OC)cc1)c1nc(-c2ccc(Cl)cc2Cl)c(C)s1. The van der Waals surface area contributed by atoms with Gasteiger partial charge in [0.2, 0.25) is 0 Å². The smallest absolute Gasteiger partial charge is 0.337 e. The molecule has 1 aromatic heterocycles. The highest BCUT2D eigenvalue weighted by Crippen LogP contribution is 2.42. The minimum absolute atomic E-state index is 0.321. The second kappa shape index (κ2) is 9.82. The molecule has 2 aromatic carbocycles. The molecule has 0 N–H and O–H groups in total. The van der Waals surface area contributed by atoms with Crippen molar-refractivity contribution in [3.05, 3.63) is 68.5 Å². The molecule has 168 valence electrons. The number of ether oxygens (including phenoxy) is 1. The van der Waals surface area contributed by atoms with Gasteiger partial charge in [-0.05, 0) is 68.0 Å². The predicted octanol–water partition coefficient (Wildman–Crippen LogP) is 7.41. The quantitative estimate of drug-likeness (QED) is 0.309. The van der Waals surface area contributed by atoms with Crippen molar-refractivity contribution in [3.8, 4) is 11.3 Å². The summed E-state index contributed by atoms with van der Waals surface area (Å²) in [5.74, 6) is 0.374. The van der Waals surface area contributed by atoms with Gasteiger partial charge in [-0.25, -0.2) is 9.78 Å². The summed E-state index contributed by atoms with van der Waals surface area (Å²) < 4.78 is 4.82. The molecule has 4 rings (SSSR count). The second-order valence-electron chi connectivity index (χ2n) is 8.15. The van der Waals surface area contributed by atoms with Crippen LogP contribution in [0.1, 0.15) is 47.0 Å². The van der Waals surface area contributed by atoms with E-state index in [0.717, 1.165) is 39.8 Å². The molecule has 1 aliphatic rings. The molecular weight excluding hydrogens is 463 g/mol. The van der Waals surface area contributed by atoms with E-state index >= 15 is 0 Å². The number of carbonyl (C=O) groups is 1. The van der Waals surface area contributed by atoms with Crippen LogP contribution < -0.4 is 4.90 Å². The molecule has 0 radical (unpaired) electrons. The molecule has 1 fully saturated rings. The molecule has 7 heteroatoms. The highest BCUT2D eigenvalue weighted by atomic mass is 35.5. The van der Waals surface area contributed by atoms with Gasteiger partial charge in [-0.3, -0.25) is 0 Å². The lowest BCUT2D eigenvalue weighted by Crippen LogP contribution is -2.36. The van der Waals surface area contributed by atoms with Crippen LogP contribution in [0.5, 0.6) is 0 Å². The number of anilines is 1. The van der Waals surface area contributed by atoms with Crippen molar-refractivity contribution < 1.29 is 9.53 Å². The number of esters is 1. The van der Waals surface area contributed by atoms with Crippen LogP contribution in [0.15, 0.2) is 42.5 Å². The Morgan fingerprint density at radius 2 is 1.94 bits per heavy atom. The number of nitrogens with zero attached hydrogens (tertiary/aromatic N) is 2. The molecule has 32 heavy (non-hydrogen) atoms. The molecule has 1 atom stereocenters. The van der Waals surface area contributed by atoms with Crippen molar-refractivity contribution in [3.63, 3.8) is 0 Å². The lowest BCUT2D eigenvalue weighted by molar-refractivity contribution is 0.0600. The zero-order valence-electron chi connectivity index (χ0n) is 18.4. The minimum Gasteiger partial charge on any atom is -0.465 e. The van der Waals surface area contributed by atoms with Crippen molar-refractivity contribution in [2.75, 3.05) is 12.0 Å². The van der Waals surface area contributed by atoms with Gasteiger partial charge in [-0.1, -0.05) is 42.3 Å². The predicted molar refractivity (Wildman–Crippen MR) is 133 cm³/mol. The third kappa shape index (κ3) is 4.95. The van der Waals surface area contributed by atoms with Gasteiger partial charge >= 0.3 is 5.97 Å². The van der Waals surface area contributed by atoms with Crippen LogP contribution in [-0.4, -0.2) is 24.1 Å². The number of hydrogen-bond acceptors (Lipinski definition) is 5. The van der Waals surface area contributed by atoms with Gasteiger partial charge in [0.15, 0.2) is 5.13 Å². The van der Waals surface area contributed by atoms with Gasteiger partial charge in [-0.15, -0.1) is 11.3 Å². The monoisotopic (exact) mass is 488 g/mol. The largest absolute Gasteiger partial charge is 0.465 e. The Morgan fingerprint density at radius 1 is 1.22 bits per heavy atom. The first-order chi connectivity index (χ1) is 15.4. The average Bonchev–Trinajstić information content (AvgIpc) is 3.55. The fourth-order valence-corrected chi connectivity index (χ4v) is 5.59. The summed E-state index contributed by atoms with van der Waals surface area (Å²) in [5, 5.41) is 2.22. The van der Waals surface area contributed by atoms with Gasteiger partial charge in [0.25, 0.3) is 0 Å². The van der Waals surface area contributed by atoms with E-state index in [0.29, 0.717) is 27.6 Å². The van der Waals surface area contributed by atoms with Crippen molar-refractivity contribution in [1.82, 2.24) is 4.98 Å². The maximum Gasteiger partial charge on any atom is 0.337 e. The van der Waals surface area contributed by atoms with Crippen LogP contribution in [0, 0.1) is 12.8 Å². The Morgan fingerprint density at radius 3 is 2.53 bits per heavy atom. The molecule has 0 aliphatic heterocycles. The highest BCUT2D eigenvalue weighted by Gasteiger charge is 2.35. The maximum absolute atomic E-state index is 11.8. The summed E-state index contributed by atoms with van der Waals surface area (Å²) in [5.41, 5.74) is 3.50. The van der Waals surface area contributed by atoms with Gasteiger partial charge in [0.1, 0.15) is 0 Å². The van der Waals surface area contributed by atoms with E-state index in [2.05, 4.69) is 18.7 Å². The van der Waals surface area contributed by atoms with Gasteiger partial charge in [0.05, 0.1) is 23.4 Å². The summed E-state index contributed by atoms with van der Waals surface area (Å²) in [6.07, 6.45) is 3.58. The topological polar surface area (TPSA) is 42.4 Å². The van der Waals surface area contributed by atoms with Crippen molar-refractivity contribution in [1.29, 1.82) is 0 Å². The van der Waals surface area contributed by atoms with Crippen LogP contribution >= 0.6 is 34.5 Å². The summed E-state index contributed by atoms with van der Waals surface area (Å²) >= 11 is 14.3. The van der Waals surface area contributed by atoms with Crippen LogP contribution in [0.2, 0.25) is 10.0 Å². The summed E-state index contributed by atoms with van der Waals surface area (Å²) in [6.45, 7) is 5.06. The van der Waals surface area contributed by atoms with E-state index in [-0.39, 0.29) is 5.97 Å². The third-order valence-corrected chi connectivity index (χ3v) is 7.49. The standard InChI is InChI=1S/C25H26Cl2N2O2S/c1-4-22(17-9-10-17)29(14-16-5-7-18(8-6-16)24(30)31-3)25-28-23(15(2)32-25)20-12-11-19(26)13-21(20)27/h5-8,11-13,17,22H,4,9-10,14H2,1-3H3. The molecule has 0 bridgehead atoms. The Kier molecular flexibility index (Phi) is 7.08. The van der Waals surface area contributed by atoms with E-state index in [1.54, 1.807) is 17.4 Å². The number of methoxy groups -OCH3 is 1. The lowest BCUT2D eigenvalue weighted by atomic mass is 10.1. The van der Waals surface area contributed by atoms with E-state index in [1.807, 2.05) is 36.4 Å². The fourth-order valence-electron chi connectivity index (χ4n) is 4.11. The number of hydrogen-bond donors (Lipinski definition) is 0. The molecule has 0 saturated heterocycles. The second-order valence-corrected chi connectivity index (χ2v) is 10.2. The minimum atomic E-state index is -0.321. The van der Waals surface area contributed by atoms with Crippen LogP contribution in [0.3, 0.4) is 0 Å².